The average molecular weight is 689 g/mol. The molecular weight excluding hydrogens is 655 g/mol. The molecule has 0 rings (SSSR count). The molecule has 0 saturated carbocycles. The Balaban J connectivity index is -0.0000000370. The van der Waals surface area contributed by atoms with Gasteiger partial charge >= 0.3 is 17.9 Å². The van der Waals surface area contributed by atoms with Gasteiger partial charge in [0.1, 0.15) is 0 Å². The summed E-state index contributed by atoms with van der Waals surface area (Å²) in [6.45, 7) is 11.0. The van der Waals surface area contributed by atoms with E-state index < -0.39 is 0 Å². The number of halogens is 10. The second-order valence-corrected chi connectivity index (χ2v) is 7.32. The summed E-state index contributed by atoms with van der Waals surface area (Å²) in [6.07, 6.45) is 0. The maximum absolute atomic E-state index is 9.82. The number of hydrogen-bond donors (Lipinski definition) is 0. The maximum Gasteiger partial charge on any atom is 0.302 e. The second-order valence-electron chi connectivity index (χ2n) is 3.28. The summed E-state index contributed by atoms with van der Waals surface area (Å²) in [5.41, 5.74) is 0. The number of carbonyl (C=O) groups is 3. The van der Waals surface area contributed by atoms with E-state index in [2.05, 4.69) is 14.2 Å². The lowest BCUT2D eigenvalue weighted by molar-refractivity contribution is -0.141. The van der Waals surface area contributed by atoms with E-state index in [0.29, 0.717) is 19.8 Å². The summed E-state index contributed by atoms with van der Waals surface area (Å²) in [5, 5.41) is 0.972. The third-order valence-electron chi connectivity index (χ3n) is 1.04. The van der Waals surface area contributed by atoms with Crippen LogP contribution >= 0.6 is 116 Å². The van der Waals surface area contributed by atoms with Crippen molar-refractivity contribution in [3.8, 4) is 0 Å². The zero-order chi connectivity index (χ0) is 28.5. The third kappa shape index (κ3) is 307. The van der Waals surface area contributed by atoms with Crippen molar-refractivity contribution in [2.24, 2.45) is 0 Å². The zero-order valence-corrected chi connectivity index (χ0v) is 26.9. The summed E-state index contributed by atoms with van der Waals surface area (Å²) in [7, 11) is 0. The highest BCUT2D eigenvalue weighted by atomic mass is 35.5. The van der Waals surface area contributed by atoms with Gasteiger partial charge in [-0.2, -0.15) is 0 Å². The van der Waals surface area contributed by atoms with E-state index in [1.807, 2.05) is 0 Å². The molecule has 0 amide bonds. The predicted molar refractivity (Wildman–Crippen MR) is 150 cm³/mol. The molecule has 0 radical (unpaired) electrons. The first-order chi connectivity index (χ1) is 15.4. The van der Waals surface area contributed by atoms with Gasteiger partial charge in [-0.1, -0.05) is 0 Å². The SMILES string of the molecule is CCOC(C)=O.CCOC(C)=O.CCOC(C)=O.ClCCl.ClCCl.ClCCl.ClCCl.ClCCl. The third-order valence-corrected chi connectivity index (χ3v) is 1.04. The van der Waals surface area contributed by atoms with E-state index in [-0.39, 0.29) is 44.6 Å². The van der Waals surface area contributed by atoms with Gasteiger partial charge in [-0.3, -0.25) is 14.4 Å². The van der Waals surface area contributed by atoms with Gasteiger partial charge in [0.25, 0.3) is 0 Å². The largest absolute Gasteiger partial charge is 0.466 e. The van der Waals surface area contributed by atoms with Crippen molar-refractivity contribution in [3.63, 3.8) is 0 Å². The van der Waals surface area contributed by atoms with Gasteiger partial charge in [0.05, 0.1) is 46.5 Å². The van der Waals surface area contributed by atoms with E-state index in [1.165, 1.54) is 20.8 Å². The number of hydrogen-bond acceptors (Lipinski definition) is 6. The van der Waals surface area contributed by atoms with Crippen LogP contribution in [0.15, 0.2) is 0 Å². The summed E-state index contributed by atoms with van der Waals surface area (Å²) < 4.78 is 13.2. The lowest BCUT2D eigenvalue weighted by atomic mass is 10.8. The van der Waals surface area contributed by atoms with Gasteiger partial charge in [0.2, 0.25) is 0 Å². The molecule has 0 aromatic carbocycles. The van der Waals surface area contributed by atoms with Crippen molar-refractivity contribution in [2.75, 3.05) is 46.5 Å². The van der Waals surface area contributed by atoms with Gasteiger partial charge in [0.15, 0.2) is 0 Å². The molecule has 0 aromatic rings. The Morgan fingerprint density at radius 1 is 0.424 bits per heavy atom. The van der Waals surface area contributed by atoms with Gasteiger partial charge in [-0.05, 0) is 20.8 Å². The monoisotopic (exact) mass is 684 g/mol. The topological polar surface area (TPSA) is 78.9 Å². The minimum absolute atomic E-state index is 0.194. The fourth-order valence-electron chi connectivity index (χ4n) is 0.610. The van der Waals surface area contributed by atoms with Crippen LogP contribution in [-0.4, -0.2) is 64.4 Å². The van der Waals surface area contributed by atoms with Crippen molar-refractivity contribution in [3.05, 3.63) is 0 Å². The highest BCUT2D eigenvalue weighted by Gasteiger charge is 1.82. The smallest absolute Gasteiger partial charge is 0.302 e. The summed E-state index contributed by atoms with van der Waals surface area (Å²) >= 11 is 47.6. The van der Waals surface area contributed by atoms with Gasteiger partial charge in [0, 0.05) is 20.8 Å². The molecule has 0 unspecified atom stereocenters. The number of rotatable bonds is 3. The van der Waals surface area contributed by atoms with Crippen molar-refractivity contribution in [1.82, 2.24) is 0 Å². The Bertz CT molecular complexity index is 268. The molecule has 6 nitrogen and oxygen atoms in total. The molecule has 0 aliphatic carbocycles. The first kappa shape index (κ1) is 55.0. The summed E-state index contributed by atoms with van der Waals surface area (Å²) in [4.78, 5) is 29.5. The molecule has 0 N–H and O–H groups in total. The van der Waals surface area contributed by atoms with Crippen LogP contribution in [0.5, 0.6) is 0 Å². The molecule has 208 valence electrons. The molecule has 0 aliphatic heterocycles. The van der Waals surface area contributed by atoms with Crippen molar-refractivity contribution in [1.29, 1.82) is 0 Å². The van der Waals surface area contributed by atoms with Crippen LogP contribution < -0.4 is 0 Å². The zero-order valence-electron chi connectivity index (χ0n) is 19.4. The van der Waals surface area contributed by atoms with E-state index in [1.54, 1.807) is 20.8 Å². The van der Waals surface area contributed by atoms with E-state index in [0.717, 1.165) is 0 Å². The molecule has 0 atom stereocenters. The average Bonchev–Trinajstić information content (AvgIpc) is 2.65. The minimum Gasteiger partial charge on any atom is -0.466 e. The lowest BCUT2D eigenvalue weighted by Gasteiger charge is -1.89. The summed E-state index contributed by atoms with van der Waals surface area (Å²) in [5.74, 6) is -0.632. The van der Waals surface area contributed by atoms with E-state index >= 15 is 0 Å². The van der Waals surface area contributed by atoms with Crippen LogP contribution in [0.25, 0.3) is 0 Å². The van der Waals surface area contributed by atoms with E-state index in [4.69, 9.17) is 116 Å². The molecule has 0 spiro atoms. The normalized spacial score (nSPS) is 6.91. The first-order valence-electron chi connectivity index (χ1n) is 8.38. The lowest BCUT2D eigenvalue weighted by Crippen LogP contribution is -1.95. The molecule has 0 heterocycles. The van der Waals surface area contributed by atoms with Crippen LogP contribution in [0.3, 0.4) is 0 Å². The Labute approximate surface area is 248 Å². The first-order valence-corrected chi connectivity index (χ1v) is 13.7. The fourth-order valence-corrected chi connectivity index (χ4v) is 0.610. The Morgan fingerprint density at radius 3 is 0.515 bits per heavy atom. The Morgan fingerprint density at radius 2 is 0.515 bits per heavy atom. The van der Waals surface area contributed by atoms with Crippen molar-refractivity contribution in [2.45, 2.75) is 41.5 Å². The molecule has 0 aliphatic rings. The van der Waals surface area contributed by atoms with Crippen LogP contribution in [0.4, 0.5) is 0 Å². The Hall–Kier alpha value is 1.31. The van der Waals surface area contributed by atoms with Crippen molar-refractivity contribution >= 4 is 134 Å². The molecular formula is C17H34Cl10O6. The van der Waals surface area contributed by atoms with Gasteiger partial charge < -0.3 is 14.2 Å². The van der Waals surface area contributed by atoms with Crippen molar-refractivity contribution < 1.29 is 28.6 Å². The van der Waals surface area contributed by atoms with Crippen LogP contribution in [0.2, 0.25) is 0 Å². The van der Waals surface area contributed by atoms with Crippen LogP contribution in [0.1, 0.15) is 41.5 Å². The van der Waals surface area contributed by atoms with Crippen LogP contribution in [0, 0.1) is 0 Å². The standard InChI is InChI=1S/3C4H8O2.5CH2Cl2/c3*1-3-6-4(2)5;5*2-1-3/h3*3H2,1-2H3;5*1H2. The minimum atomic E-state index is -0.211. The molecule has 0 fully saturated rings. The predicted octanol–water partition coefficient (Wildman–Crippen LogP) is 8.82. The number of alkyl halides is 10. The second kappa shape index (κ2) is 76.6. The number of esters is 3. The molecule has 0 saturated heterocycles. The highest BCUT2D eigenvalue weighted by molar-refractivity contribution is 6.41. The molecule has 0 aromatic heterocycles. The number of ether oxygens (including phenoxy) is 3. The van der Waals surface area contributed by atoms with E-state index in [9.17, 15) is 14.4 Å². The quantitative estimate of drug-likeness (QED) is 0.168. The van der Waals surface area contributed by atoms with Crippen LogP contribution in [-0.2, 0) is 28.6 Å². The number of carbonyl (C=O) groups excluding carboxylic acids is 3. The maximum atomic E-state index is 9.82. The molecule has 16 heteroatoms. The van der Waals surface area contributed by atoms with Gasteiger partial charge in [-0.15, -0.1) is 116 Å². The Kier molecular flexibility index (Phi) is 128. The molecule has 33 heavy (non-hydrogen) atoms. The van der Waals surface area contributed by atoms with Gasteiger partial charge in [-0.25, -0.2) is 0 Å². The molecule has 0 bridgehead atoms. The highest BCUT2D eigenvalue weighted by Crippen LogP contribution is 1.74. The summed E-state index contributed by atoms with van der Waals surface area (Å²) in [6, 6.07) is 0. The fraction of sp³-hybridized carbons (Fsp3) is 0.824.